The number of sulfone groups is 1. The highest BCUT2D eigenvalue weighted by Crippen LogP contribution is 2.50. The number of thiophene rings is 1. The number of carbonyl (C=O) groups excluding carboxylic acids is 1. The van der Waals surface area contributed by atoms with Crippen LogP contribution in [0, 0.1) is 5.41 Å². The monoisotopic (exact) mass is 288 g/mol. The van der Waals surface area contributed by atoms with Gasteiger partial charge >= 0.3 is 5.97 Å². The molecule has 1 heterocycles. The molecule has 100 valence electrons. The van der Waals surface area contributed by atoms with Crippen molar-refractivity contribution in [2.24, 2.45) is 5.41 Å². The van der Waals surface area contributed by atoms with E-state index in [9.17, 15) is 13.2 Å². The molecule has 4 nitrogen and oxygen atoms in total. The van der Waals surface area contributed by atoms with Gasteiger partial charge in [-0.3, -0.25) is 4.79 Å². The second-order valence-corrected chi connectivity index (χ2v) is 7.76. The van der Waals surface area contributed by atoms with Crippen molar-refractivity contribution in [2.45, 2.75) is 25.0 Å². The first-order valence-corrected chi connectivity index (χ1v) is 8.49. The minimum Gasteiger partial charge on any atom is -0.469 e. The zero-order chi connectivity index (χ0) is 13.2. The van der Waals surface area contributed by atoms with Crippen LogP contribution in [-0.4, -0.2) is 27.2 Å². The molecule has 0 amide bonds. The molecule has 18 heavy (non-hydrogen) atoms. The summed E-state index contributed by atoms with van der Waals surface area (Å²) < 4.78 is 28.8. The number of hydrogen-bond acceptors (Lipinski definition) is 5. The standard InChI is InChI=1S/C12H16O4S2/c1-16-11(13)6-12(3-4-12)9-18(14,15)8-10-2-5-17-7-10/h2,5,7H,3-4,6,8-9H2,1H3. The molecule has 2 rings (SSSR count). The molecule has 0 aromatic carbocycles. The molecule has 0 unspecified atom stereocenters. The van der Waals surface area contributed by atoms with E-state index in [0.717, 1.165) is 18.4 Å². The predicted molar refractivity (Wildman–Crippen MR) is 70.1 cm³/mol. The molecule has 1 saturated carbocycles. The van der Waals surface area contributed by atoms with Crippen molar-refractivity contribution >= 4 is 27.1 Å². The zero-order valence-corrected chi connectivity index (χ0v) is 11.9. The maximum Gasteiger partial charge on any atom is 0.306 e. The van der Waals surface area contributed by atoms with Gasteiger partial charge in [0.25, 0.3) is 0 Å². The van der Waals surface area contributed by atoms with Crippen LogP contribution in [0.3, 0.4) is 0 Å². The average molecular weight is 288 g/mol. The molecule has 1 aromatic heterocycles. The van der Waals surface area contributed by atoms with Crippen molar-refractivity contribution in [1.82, 2.24) is 0 Å². The summed E-state index contributed by atoms with van der Waals surface area (Å²) >= 11 is 1.49. The molecular formula is C12H16O4S2. The van der Waals surface area contributed by atoms with Crippen LogP contribution in [0.5, 0.6) is 0 Å². The number of ether oxygens (including phenoxy) is 1. The third-order valence-electron chi connectivity index (χ3n) is 3.20. The fourth-order valence-electron chi connectivity index (χ4n) is 2.07. The Morgan fingerprint density at radius 2 is 2.22 bits per heavy atom. The minimum atomic E-state index is -3.15. The van der Waals surface area contributed by atoms with Gasteiger partial charge in [-0.1, -0.05) is 0 Å². The molecule has 0 N–H and O–H groups in total. The van der Waals surface area contributed by atoms with Crippen molar-refractivity contribution in [3.8, 4) is 0 Å². The van der Waals surface area contributed by atoms with Crippen LogP contribution in [-0.2, 0) is 25.1 Å². The van der Waals surface area contributed by atoms with Gasteiger partial charge in [0.15, 0.2) is 9.84 Å². The van der Waals surface area contributed by atoms with Gasteiger partial charge < -0.3 is 4.74 Å². The fourth-order valence-corrected chi connectivity index (χ4v) is 4.96. The summed E-state index contributed by atoms with van der Waals surface area (Å²) in [6.07, 6.45) is 1.81. The molecule has 6 heteroatoms. The Morgan fingerprint density at radius 1 is 1.50 bits per heavy atom. The van der Waals surface area contributed by atoms with Gasteiger partial charge in [-0.05, 0) is 40.6 Å². The molecule has 0 aliphatic heterocycles. The Kier molecular flexibility index (Phi) is 3.77. The number of rotatable bonds is 6. The normalized spacial score (nSPS) is 17.4. The Labute approximate surface area is 111 Å². The summed E-state index contributed by atoms with van der Waals surface area (Å²) in [5.74, 6) is -0.164. The van der Waals surface area contributed by atoms with Gasteiger partial charge in [0.1, 0.15) is 0 Å². The second kappa shape index (κ2) is 5.01. The molecule has 0 saturated heterocycles. The summed E-state index contributed by atoms with van der Waals surface area (Å²) in [6, 6.07) is 1.82. The highest BCUT2D eigenvalue weighted by Gasteiger charge is 2.47. The van der Waals surface area contributed by atoms with E-state index in [1.54, 1.807) is 0 Å². The van der Waals surface area contributed by atoms with Gasteiger partial charge in [0, 0.05) is 0 Å². The van der Waals surface area contributed by atoms with Gasteiger partial charge in [-0.2, -0.15) is 11.3 Å². The lowest BCUT2D eigenvalue weighted by Crippen LogP contribution is -2.22. The fraction of sp³-hybridized carbons (Fsp3) is 0.583. The van der Waals surface area contributed by atoms with Crippen LogP contribution < -0.4 is 0 Å². The van der Waals surface area contributed by atoms with E-state index in [4.69, 9.17) is 0 Å². The van der Waals surface area contributed by atoms with Gasteiger partial charge in [0.2, 0.25) is 0 Å². The zero-order valence-electron chi connectivity index (χ0n) is 10.2. The summed E-state index contributed by atoms with van der Waals surface area (Å²) in [5.41, 5.74) is 0.468. The molecule has 0 radical (unpaired) electrons. The van der Waals surface area contributed by atoms with Gasteiger partial charge in [-0.25, -0.2) is 8.42 Å². The molecule has 1 aliphatic rings. The quantitative estimate of drug-likeness (QED) is 0.751. The van der Waals surface area contributed by atoms with Gasteiger partial charge in [0.05, 0.1) is 25.0 Å². The summed E-state index contributed by atoms with van der Waals surface area (Å²) in [5, 5.41) is 3.71. The SMILES string of the molecule is COC(=O)CC1(CS(=O)(=O)Cc2ccsc2)CC1. The number of methoxy groups -OCH3 is 1. The first-order chi connectivity index (χ1) is 8.45. The Balaban J connectivity index is 1.98. The summed E-state index contributed by atoms with van der Waals surface area (Å²) in [7, 11) is -1.82. The maximum atomic E-state index is 12.1. The van der Waals surface area contributed by atoms with E-state index in [1.165, 1.54) is 18.4 Å². The van der Waals surface area contributed by atoms with Crippen LogP contribution in [0.4, 0.5) is 0 Å². The highest BCUT2D eigenvalue weighted by molar-refractivity contribution is 7.90. The largest absolute Gasteiger partial charge is 0.469 e. The molecule has 0 spiro atoms. The Bertz CT molecular complexity index is 512. The average Bonchev–Trinajstić information content (AvgIpc) is 2.82. The van der Waals surface area contributed by atoms with Crippen LogP contribution in [0.1, 0.15) is 24.8 Å². The van der Waals surface area contributed by atoms with E-state index >= 15 is 0 Å². The minimum absolute atomic E-state index is 0.0689. The smallest absolute Gasteiger partial charge is 0.306 e. The number of carbonyl (C=O) groups is 1. The van der Waals surface area contributed by atoms with Crippen LogP contribution in [0.15, 0.2) is 16.8 Å². The summed E-state index contributed by atoms with van der Waals surface area (Å²) in [4.78, 5) is 11.3. The van der Waals surface area contributed by atoms with E-state index in [-0.39, 0.29) is 29.3 Å². The number of esters is 1. The van der Waals surface area contributed by atoms with E-state index < -0.39 is 9.84 Å². The first-order valence-electron chi connectivity index (χ1n) is 5.73. The van der Waals surface area contributed by atoms with Crippen LogP contribution in [0.25, 0.3) is 0 Å². The lowest BCUT2D eigenvalue weighted by atomic mass is 10.1. The number of hydrogen-bond donors (Lipinski definition) is 0. The van der Waals surface area contributed by atoms with Crippen LogP contribution in [0.2, 0.25) is 0 Å². The van der Waals surface area contributed by atoms with Crippen molar-refractivity contribution in [3.05, 3.63) is 22.4 Å². The molecule has 0 bridgehead atoms. The predicted octanol–water partition coefficient (Wildman–Crippen LogP) is 2.01. The van der Waals surface area contributed by atoms with E-state index in [2.05, 4.69) is 4.74 Å². The van der Waals surface area contributed by atoms with Crippen molar-refractivity contribution in [1.29, 1.82) is 0 Å². The highest BCUT2D eigenvalue weighted by atomic mass is 32.2. The molecule has 1 aliphatic carbocycles. The third kappa shape index (κ3) is 3.55. The lowest BCUT2D eigenvalue weighted by molar-refractivity contribution is -0.141. The van der Waals surface area contributed by atoms with E-state index in [0.29, 0.717) is 0 Å². The first kappa shape index (κ1) is 13.5. The third-order valence-corrected chi connectivity index (χ3v) is 5.75. The Hall–Kier alpha value is -0.880. The molecule has 1 aromatic rings. The topological polar surface area (TPSA) is 60.4 Å². The molecule has 1 fully saturated rings. The maximum absolute atomic E-state index is 12.1. The second-order valence-electron chi connectivity index (χ2n) is 4.92. The van der Waals surface area contributed by atoms with Crippen molar-refractivity contribution in [2.75, 3.05) is 12.9 Å². The van der Waals surface area contributed by atoms with E-state index in [1.807, 2.05) is 16.8 Å². The van der Waals surface area contributed by atoms with Crippen molar-refractivity contribution < 1.29 is 17.9 Å². The molecular weight excluding hydrogens is 272 g/mol. The van der Waals surface area contributed by atoms with Crippen LogP contribution >= 0.6 is 11.3 Å². The molecule has 0 atom stereocenters. The Morgan fingerprint density at radius 3 is 2.72 bits per heavy atom. The summed E-state index contributed by atoms with van der Waals surface area (Å²) in [6.45, 7) is 0. The van der Waals surface area contributed by atoms with Crippen molar-refractivity contribution in [3.63, 3.8) is 0 Å². The van der Waals surface area contributed by atoms with Gasteiger partial charge in [-0.15, -0.1) is 0 Å². The lowest BCUT2D eigenvalue weighted by Gasteiger charge is -2.13.